The summed E-state index contributed by atoms with van der Waals surface area (Å²) in [4.78, 5) is 4.34. The lowest BCUT2D eigenvalue weighted by Crippen LogP contribution is -2.03. The summed E-state index contributed by atoms with van der Waals surface area (Å²) in [5.74, 6) is 1.07. The van der Waals surface area contributed by atoms with Crippen LogP contribution in [0.5, 0.6) is 0 Å². The molecule has 0 aliphatic carbocycles. The third-order valence-corrected chi connectivity index (χ3v) is 2.83. The van der Waals surface area contributed by atoms with Crippen LogP contribution in [0.3, 0.4) is 0 Å². The highest BCUT2D eigenvalue weighted by molar-refractivity contribution is 5.61. The number of hydrogen-bond donors (Lipinski definition) is 1. The lowest BCUT2D eigenvalue weighted by molar-refractivity contribution is 0.273. The predicted octanol–water partition coefficient (Wildman–Crippen LogP) is 2.18. The van der Waals surface area contributed by atoms with E-state index in [-0.39, 0.29) is 12.5 Å². The van der Waals surface area contributed by atoms with Crippen molar-refractivity contribution in [3.63, 3.8) is 0 Å². The second kappa shape index (κ2) is 4.49. The molecule has 1 unspecified atom stereocenters. The SMILES string of the molecule is CC(CO)c1ccccc1-c1nccn1C. The molecule has 3 nitrogen and oxygen atoms in total. The maximum atomic E-state index is 9.25. The van der Waals surface area contributed by atoms with Crippen LogP contribution >= 0.6 is 0 Å². The first-order valence-corrected chi connectivity index (χ1v) is 5.41. The van der Waals surface area contributed by atoms with Crippen LogP contribution in [0.25, 0.3) is 11.4 Å². The standard InChI is InChI=1S/C13H16N2O/c1-10(9-16)11-5-3-4-6-12(11)13-14-7-8-15(13)2/h3-8,10,16H,9H2,1-2H3. The fraction of sp³-hybridized carbons (Fsp3) is 0.308. The Morgan fingerprint density at radius 3 is 2.75 bits per heavy atom. The van der Waals surface area contributed by atoms with Crippen molar-refractivity contribution in [3.8, 4) is 11.4 Å². The zero-order valence-electron chi connectivity index (χ0n) is 9.59. The number of nitrogens with zero attached hydrogens (tertiary/aromatic N) is 2. The van der Waals surface area contributed by atoms with E-state index in [4.69, 9.17) is 0 Å². The van der Waals surface area contributed by atoms with Gasteiger partial charge in [-0.25, -0.2) is 4.98 Å². The Labute approximate surface area is 95.4 Å². The van der Waals surface area contributed by atoms with Crippen molar-refractivity contribution >= 4 is 0 Å². The second-order valence-corrected chi connectivity index (χ2v) is 4.03. The van der Waals surface area contributed by atoms with Gasteiger partial charge in [-0.15, -0.1) is 0 Å². The normalized spacial score (nSPS) is 12.7. The number of aliphatic hydroxyl groups excluding tert-OH is 1. The van der Waals surface area contributed by atoms with Gasteiger partial charge in [-0.3, -0.25) is 0 Å². The van der Waals surface area contributed by atoms with E-state index in [2.05, 4.69) is 4.98 Å². The van der Waals surface area contributed by atoms with Crippen LogP contribution in [0.15, 0.2) is 36.7 Å². The topological polar surface area (TPSA) is 38.1 Å². The Balaban J connectivity index is 2.53. The second-order valence-electron chi connectivity index (χ2n) is 4.03. The predicted molar refractivity (Wildman–Crippen MR) is 64.1 cm³/mol. The maximum absolute atomic E-state index is 9.25. The maximum Gasteiger partial charge on any atom is 0.139 e. The number of aliphatic hydroxyl groups is 1. The van der Waals surface area contributed by atoms with Gasteiger partial charge >= 0.3 is 0 Å². The van der Waals surface area contributed by atoms with Crippen LogP contribution < -0.4 is 0 Å². The molecule has 1 N–H and O–H groups in total. The van der Waals surface area contributed by atoms with Crippen molar-refractivity contribution in [2.24, 2.45) is 7.05 Å². The van der Waals surface area contributed by atoms with Crippen molar-refractivity contribution in [2.75, 3.05) is 6.61 Å². The van der Waals surface area contributed by atoms with Crippen LogP contribution in [-0.2, 0) is 7.05 Å². The Bertz CT molecular complexity index is 476. The molecule has 1 aromatic heterocycles. The molecule has 0 spiro atoms. The molecule has 1 aromatic carbocycles. The average Bonchev–Trinajstić information content (AvgIpc) is 2.74. The molecule has 0 saturated carbocycles. The average molecular weight is 216 g/mol. The summed E-state index contributed by atoms with van der Waals surface area (Å²) < 4.78 is 1.99. The van der Waals surface area contributed by atoms with Gasteiger partial charge in [-0.1, -0.05) is 31.2 Å². The van der Waals surface area contributed by atoms with E-state index in [1.54, 1.807) is 6.20 Å². The highest BCUT2D eigenvalue weighted by Crippen LogP contribution is 2.27. The molecule has 84 valence electrons. The Morgan fingerprint density at radius 2 is 2.12 bits per heavy atom. The van der Waals surface area contributed by atoms with E-state index in [1.165, 1.54) is 0 Å². The summed E-state index contributed by atoms with van der Waals surface area (Å²) in [5, 5.41) is 9.25. The molecule has 0 fully saturated rings. The van der Waals surface area contributed by atoms with E-state index in [9.17, 15) is 5.11 Å². The minimum atomic E-state index is 0.132. The smallest absolute Gasteiger partial charge is 0.139 e. The van der Waals surface area contributed by atoms with Gasteiger partial charge in [0.25, 0.3) is 0 Å². The molecule has 0 saturated heterocycles. The van der Waals surface area contributed by atoms with E-state index < -0.39 is 0 Å². The summed E-state index contributed by atoms with van der Waals surface area (Å²) >= 11 is 0. The molecule has 1 heterocycles. The van der Waals surface area contributed by atoms with E-state index in [1.807, 2.05) is 49.0 Å². The monoisotopic (exact) mass is 216 g/mol. The third-order valence-electron chi connectivity index (χ3n) is 2.83. The van der Waals surface area contributed by atoms with Crippen molar-refractivity contribution < 1.29 is 5.11 Å². The summed E-state index contributed by atoms with van der Waals surface area (Å²) in [6, 6.07) is 8.08. The van der Waals surface area contributed by atoms with Crippen LogP contribution in [0.2, 0.25) is 0 Å². The fourth-order valence-corrected chi connectivity index (χ4v) is 1.85. The minimum Gasteiger partial charge on any atom is -0.396 e. The van der Waals surface area contributed by atoms with Crippen LogP contribution in [0.4, 0.5) is 0 Å². The van der Waals surface area contributed by atoms with Gasteiger partial charge in [-0.2, -0.15) is 0 Å². The van der Waals surface area contributed by atoms with Gasteiger partial charge in [0.15, 0.2) is 0 Å². The zero-order valence-corrected chi connectivity index (χ0v) is 9.59. The first kappa shape index (κ1) is 10.9. The largest absolute Gasteiger partial charge is 0.396 e. The molecule has 16 heavy (non-hydrogen) atoms. The fourth-order valence-electron chi connectivity index (χ4n) is 1.85. The van der Waals surface area contributed by atoms with Gasteiger partial charge in [0.1, 0.15) is 5.82 Å². The molecule has 0 aliphatic rings. The number of benzene rings is 1. The molecule has 0 aliphatic heterocycles. The number of imidazole rings is 1. The number of rotatable bonds is 3. The number of aromatic nitrogens is 2. The van der Waals surface area contributed by atoms with Gasteiger partial charge in [0.05, 0.1) is 0 Å². The molecular weight excluding hydrogens is 200 g/mol. The number of aryl methyl sites for hydroxylation is 1. The van der Waals surface area contributed by atoms with Crippen LogP contribution in [-0.4, -0.2) is 21.3 Å². The van der Waals surface area contributed by atoms with Gasteiger partial charge in [0, 0.05) is 37.5 Å². The molecular formula is C13H16N2O. The highest BCUT2D eigenvalue weighted by atomic mass is 16.3. The van der Waals surface area contributed by atoms with Crippen molar-refractivity contribution in [2.45, 2.75) is 12.8 Å². The Morgan fingerprint density at radius 1 is 1.38 bits per heavy atom. The first-order valence-electron chi connectivity index (χ1n) is 5.41. The molecule has 2 aromatic rings. The summed E-state index contributed by atoms with van der Waals surface area (Å²) in [6.07, 6.45) is 3.71. The summed E-state index contributed by atoms with van der Waals surface area (Å²) in [5.41, 5.74) is 2.23. The zero-order chi connectivity index (χ0) is 11.5. The van der Waals surface area contributed by atoms with E-state index >= 15 is 0 Å². The lowest BCUT2D eigenvalue weighted by Gasteiger charge is -2.13. The quantitative estimate of drug-likeness (QED) is 0.854. The minimum absolute atomic E-state index is 0.132. The van der Waals surface area contributed by atoms with E-state index in [0.29, 0.717) is 0 Å². The van der Waals surface area contributed by atoms with Crippen LogP contribution in [0.1, 0.15) is 18.4 Å². The van der Waals surface area contributed by atoms with Gasteiger partial charge < -0.3 is 9.67 Å². The summed E-state index contributed by atoms with van der Waals surface area (Å²) in [7, 11) is 1.97. The van der Waals surface area contributed by atoms with Gasteiger partial charge in [-0.05, 0) is 5.56 Å². The number of hydrogen-bond acceptors (Lipinski definition) is 2. The molecule has 0 amide bonds. The van der Waals surface area contributed by atoms with Crippen molar-refractivity contribution in [3.05, 3.63) is 42.2 Å². The third kappa shape index (κ3) is 1.86. The molecule has 1 atom stereocenters. The van der Waals surface area contributed by atoms with Gasteiger partial charge in [0.2, 0.25) is 0 Å². The Kier molecular flexibility index (Phi) is 3.06. The molecule has 2 rings (SSSR count). The Hall–Kier alpha value is -1.61. The van der Waals surface area contributed by atoms with Crippen LogP contribution in [0, 0.1) is 0 Å². The summed E-state index contributed by atoms with van der Waals surface area (Å²) in [6.45, 7) is 2.17. The molecule has 0 radical (unpaired) electrons. The molecule has 3 heteroatoms. The lowest BCUT2D eigenvalue weighted by atomic mass is 9.96. The van der Waals surface area contributed by atoms with E-state index in [0.717, 1.165) is 17.0 Å². The molecule has 0 bridgehead atoms. The first-order chi connectivity index (χ1) is 7.74. The van der Waals surface area contributed by atoms with Crippen molar-refractivity contribution in [1.29, 1.82) is 0 Å². The highest BCUT2D eigenvalue weighted by Gasteiger charge is 2.13. The van der Waals surface area contributed by atoms with Crippen molar-refractivity contribution in [1.82, 2.24) is 9.55 Å².